The molecule has 20 heavy (non-hydrogen) atoms. The Hall–Kier alpha value is -1.87. The Balaban J connectivity index is 1.89. The minimum Gasteiger partial charge on any atom is -0.489 e. The Morgan fingerprint density at radius 3 is 2.60 bits per heavy atom. The third-order valence-corrected chi connectivity index (χ3v) is 3.24. The third kappa shape index (κ3) is 4.35. The van der Waals surface area contributed by atoms with E-state index in [1.807, 2.05) is 24.3 Å². The molecule has 0 atom stereocenters. The fourth-order valence-electron chi connectivity index (χ4n) is 2.03. The minimum atomic E-state index is 0.458. The molecule has 0 saturated heterocycles. The quantitative estimate of drug-likeness (QED) is 0.838. The van der Waals surface area contributed by atoms with Gasteiger partial charge in [-0.25, -0.2) is 0 Å². The maximum Gasteiger partial charge on any atom is 0.119 e. The number of nitrogens with zero attached hydrogens (tertiary/aromatic N) is 1. The molecule has 0 bridgehead atoms. The van der Waals surface area contributed by atoms with E-state index in [4.69, 9.17) is 10.5 Å². The van der Waals surface area contributed by atoms with Crippen molar-refractivity contribution in [3.05, 3.63) is 59.4 Å². The van der Waals surface area contributed by atoms with Crippen molar-refractivity contribution < 1.29 is 4.74 Å². The van der Waals surface area contributed by atoms with Gasteiger partial charge in [0, 0.05) is 12.7 Å². The lowest BCUT2D eigenvalue weighted by molar-refractivity contribution is 0.306. The predicted octanol–water partition coefficient (Wildman–Crippen LogP) is 3.46. The predicted molar refractivity (Wildman–Crippen MR) is 81.5 cm³/mol. The van der Waals surface area contributed by atoms with E-state index in [0.29, 0.717) is 13.2 Å². The first kappa shape index (κ1) is 14.5. The average molecular weight is 270 g/mol. The van der Waals surface area contributed by atoms with Gasteiger partial charge in [0.15, 0.2) is 0 Å². The number of hydrogen-bond acceptors (Lipinski definition) is 3. The number of pyridine rings is 1. The zero-order valence-electron chi connectivity index (χ0n) is 12.0. The molecule has 0 aliphatic heterocycles. The molecule has 0 saturated carbocycles. The van der Waals surface area contributed by atoms with Gasteiger partial charge in [0.2, 0.25) is 0 Å². The normalized spacial score (nSPS) is 10.5. The number of nitrogens with two attached hydrogens (primary N) is 1. The van der Waals surface area contributed by atoms with Crippen molar-refractivity contribution >= 4 is 0 Å². The molecule has 1 aromatic carbocycles. The van der Waals surface area contributed by atoms with Gasteiger partial charge in [-0.1, -0.05) is 25.5 Å². The van der Waals surface area contributed by atoms with Crippen LogP contribution in [0.4, 0.5) is 0 Å². The van der Waals surface area contributed by atoms with Crippen LogP contribution in [-0.4, -0.2) is 4.98 Å². The molecule has 2 rings (SSSR count). The third-order valence-electron chi connectivity index (χ3n) is 3.24. The van der Waals surface area contributed by atoms with Gasteiger partial charge in [0.25, 0.3) is 0 Å². The van der Waals surface area contributed by atoms with E-state index in [-0.39, 0.29) is 0 Å². The van der Waals surface area contributed by atoms with E-state index in [1.54, 1.807) is 6.20 Å². The van der Waals surface area contributed by atoms with Crippen LogP contribution in [0.1, 0.15) is 36.6 Å². The Labute approximate surface area is 120 Å². The van der Waals surface area contributed by atoms with E-state index in [9.17, 15) is 0 Å². The average Bonchev–Trinajstić information content (AvgIpc) is 2.52. The van der Waals surface area contributed by atoms with Gasteiger partial charge in [-0.15, -0.1) is 0 Å². The summed E-state index contributed by atoms with van der Waals surface area (Å²) in [6.07, 6.45) is 5.37. The number of hydrogen-bond donors (Lipinski definition) is 1. The molecular weight excluding hydrogens is 248 g/mol. The van der Waals surface area contributed by atoms with E-state index in [2.05, 4.69) is 24.0 Å². The number of ether oxygens (including phenoxy) is 1. The summed E-state index contributed by atoms with van der Waals surface area (Å²) in [6.45, 7) is 3.21. The second-order valence-electron chi connectivity index (χ2n) is 4.90. The maximum absolute atomic E-state index is 5.78. The van der Waals surface area contributed by atoms with Crippen LogP contribution in [-0.2, 0) is 19.6 Å². The molecule has 0 fully saturated rings. The topological polar surface area (TPSA) is 48.1 Å². The number of aryl methyl sites for hydroxylation is 1. The molecule has 3 heteroatoms. The summed E-state index contributed by atoms with van der Waals surface area (Å²) in [6, 6.07) is 12.3. The summed E-state index contributed by atoms with van der Waals surface area (Å²) in [4.78, 5) is 4.17. The fourth-order valence-corrected chi connectivity index (χ4v) is 2.03. The van der Waals surface area contributed by atoms with Crippen LogP contribution in [0.5, 0.6) is 5.75 Å². The highest BCUT2D eigenvalue weighted by Crippen LogP contribution is 2.15. The van der Waals surface area contributed by atoms with Crippen molar-refractivity contribution in [1.82, 2.24) is 4.98 Å². The molecule has 0 amide bonds. The van der Waals surface area contributed by atoms with Crippen molar-refractivity contribution in [1.29, 1.82) is 0 Å². The van der Waals surface area contributed by atoms with Gasteiger partial charge in [0.1, 0.15) is 12.4 Å². The highest BCUT2D eigenvalue weighted by atomic mass is 16.5. The largest absolute Gasteiger partial charge is 0.489 e. The molecule has 0 radical (unpaired) electrons. The number of rotatable bonds is 7. The number of unbranched alkanes of at least 4 members (excludes halogenated alkanes) is 1. The molecule has 3 nitrogen and oxygen atoms in total. The lowest BCUT2D eigenvalue weighted by Crippen LogP contribution is -2.02. The number of aromatic nitrogens is 1. The number of benzene rings is 1. The van der Waals surface area contributed by atoms with Crippen LogP contribution >= 0.6 is 0 Å². The first-order valence-electron chi connectivity index (χ1n) is 7.17. The Bertz CT molecular complexity index is 523. The molecule has 0 aliphatic rings. The van der Waals surface area contributed by atoms with Crippen molar-refractivity contribution in [2.75, 3.05) is 0 Å². The zero-order chi connectivity index (χ0) is 14.2. The van der Waals surface area contributed by atoms with Gasteiger partial charge in [-0.05, 0) is 48.2 Å². The van der Waals surface area contributed by atoms with E-state index >= 15 is 0 Å². The Morgan fingerprint density at radius 1 is 1.10 bits per heavy atom. The summed E-state index contributed by atoms with van der Waals surface area (Å²) in [7, 11) is 0. The highest BCUT2D eigenvalue weighted by Gasteiger charge is 1.99. The summed E-state index contributed by atoms with van der Waals surface area (Å²) in [5.74, 6) is 0.899. The summed E-state index contributed by atoms with van der Waals surface area (Å²) in [5.41, 5.74) is 8.93. The molecule has 2 aromatic rings. The molecule has 0 aliphatic carbocycles. The molecule has 1 heterocycles. The van der Waals surface area contributed by atoms with E-state index in [1.165, 1.54) is 18.4 Å². The van der Waals surface area contributed by atoms with E-state index < -0.39 is 0 Å². The fraction of sp³-hybridized carbons (Fsp3) is 0.353. The second-order valence-corrected chi connectivity index (χ2v) is 4.90. The monoisotopic (exact) mass is 270 g/mol. The van der Waals surface area contributed by atoms with Gasteiger partial charge in [0.05, 0.1) is 5.69 Å². The van der Waals surface area contributed by atoms with Crippen molar-refractivity contribution in [3.8, 4) is 5.75 Å². The first-order valence-corrected chi connectivity index (χ1v) is 7.17. The SMILES string of the molecule is CCCCc1ccc(OCc2ccnc(CN)c2)cc1. The summed E-state index contributed by atoms with van der Waals surface area (Å²) in [5, 5.41) is 0. The van der Waals surface area contributed by atoms with Gasteiger partial charge in [-0.2, -0.15) is 0 Å². The zero-order valence-corrected chi connectivity index (χ0v) is 12.0. The molecule has 0 spiro atoms. The molecular formula is C17H22N2O. The van der Waals surface area contributed by atoms with Crippen LogP contribution in [0, 0.1) is 0 Å². The van der Waals surface area contributed by atoms with Crippen LogP contribution in [0.15, 0.2) is 42.6 Å². The van der Waals surface area contributed by atoms with Crippen molar-refractivity contribution in [2.45, 2.75) is 39.3 Å². The second kappa shape index (κ2) is 7.65. The van der Waals surface area contributed by atoms with Crippen LogP contribution in [0.25, 0.3) is 0 Å². The standard InChI is InChI=1S/C17H22N2O/c1-2-3-4-14-5-7-17(8-6-14)20-13-15-9-10-19-16(11-15)12-18/h5-11H,2-4,12-13,18H2,1H3. The lowest BCUT2D eigenvalue weighted by atomic mass is 10.1. The maximum atomic E-state index is 5.78. The van der Waals surface area contributed by atoms with Crippen LogP contribution in [0.3, 0.4) is 0 Å². The van der Waals surface area contributed by atoms with Crippen molar-refractivity contribution in [2.24, 2.45) is 5.73 Å². The molecule has 0 unspecified atom stereocenters. The molecule has 1 aromatic heterocycles. The summed E-state index contributed by atoms with van der Waals surface area (Å²) < 4.78 is 5.78. The van der Waals surface area contributed by atoms with Gasteiger partial charge >= 0.3 is 0 Å². The van der Waals surface area contributed by atoms with Gasteiger partial charge in [-0.3, -0.25) is 4.98 Å². The summed E-state index contributed by atoms with van der Waals surface area (Å²) >= 11 is 0. The van der Waals surface area contributed by atoms with E-state index in [0.717, 1.165) is 23.4 Å². The molecule has 2 N–H and O–H groups in total. The van der Waals surface area contributed by atoms with Crippen molar-refractivity contribution in [3.63, 3.8) is 0 Å². The Kier molecular flexibility index (Phi) is 5.56. The minimum absolute atomic E-state index is 0.458. The smallest absolute Gasteiger partial charge is 0.119 e. The molecule has 106 valence electrons. The highest BCUT2D eigenvalue weighted by molar-refractivity contribution is 5.28. The Morgan fingerprint density at radius 2 is 1.90 bits per heavy atom. The van der Waals surface area contributed by atoms with Crippen LogP contribution in [0.2, 0.25) is 0 Å². The van der Waals surface area contributed by atoms with Crippen LogP contribution < -0.4 is 10.5 Å². The first-order chi connectivity index (χ1) is 9.81. The lowest BCUT2D eigenvalue weighted by Gasteiger charge is -2.08. The van der Waals surface area contributed by atoms with Gasteiger partial charge < -0.3 is 10.5 Å².